The third kappa shape index (κ3) is 4.99. The molecule has 0 spiro atoms. The van der Waals surface area contributed by atoms with Gasteiger partial charge < -0.3 is 5.11 Å². The van der Waals surface area contributed by atoms with Crippen LogP contribution >= 0.6 is 23.2 Å². The molecular formula is C21H25Cl2NO. The predicted octanol–water partition coefficient (Wildman–Crippen LogP) is 7.04. The van der Waals surface area contributed by atoms with Gasteiger partial charge in [-0.2, -0.15) is 0 Å². The number of phenolic OH excluding ortho intramolecular Hbond substituents is 1. The van der Waals surface area contributed by atoms with Crippen LogP contribution in [0.3, 0.4) is 0 Å². The van der Waals surface area contributed by atoms with Gasteiger partial charge in [-0.3, -0.25) is 4.99 Å². The van der Waals surface area contributed by atoms with Gasteiger partial charge in [0.1, 0.15) is 5.75 Å². The first-order valence-corrected chi connectivity index (χ1v) is 9.01. The molecule has 25 heavy (non-hydrogen) atoms. The Hall–Kier alpha value is -1.51. The highest BCUT2D eigenvalue weighted by Crippen LogP contribution is 2.37. The lowest BCUT2D eigenvalue weighted by Gasteiger charge is -2.26. The molecule has 0 aromatic heterocycles. The second-order valence-electron chi connectivity index (χ2n) is 8.35. The standard InChI is InChI=1S/C21H25Cl2NO/c1-20(2,3)14-7-13(19(25)18(8-14)21(4,5)6)12-24-17-10-15(22)9-16(23)11-17/h7-12,25H,1-6H3. The minimum absolute atomic E-state index is 0.0321. The first kappa shape index (κ1) is 19.8. The summed E-state index contributed by atoms with van der Waals surface area (Å²) in [6.07, 6.45) is 1.67. The van der Waals surface area contributed by atoms with Crippen molar-refractivity contribution in [1.29, 1.82) is 0 Å². The molecule has 134 valence electrons. The molecule has 0 fully saturated rings. The van der Waals surface area contributed by atoms with Gasteiger partial charge in [-0.15, -0.1) is 0 Å². The Morgan fingerprint density at radius 3 is 1.88 bits per heavy atom. The molecule has 0 radical (unpaired) electrons. The fraction of sp³-hybridized carbons (Fsp3) is 0.381. The van der Waals surface area contributed by atoms with E-state index >= 15 is 0 Å². The van der Waals surface area contributed by atoms with Crippen molar-refractivity contribution >= 4 is 35.1 Å². The fourth-order valence-corrected chi connectivity index (χ4v) is 3.03. The van der Waals surface area contributed by atoms with Crippen molar-refractivity contribution in [2.45, 2.75) is 52.4 Å². The lowest BCUT2D eigenvalue weighted by atomic mass is 9.79. The average molecular weight is 378 g/mol. The summed E-state index contributed by atoms with van der Waals surface area (Å²) < 4.78 is 0. The van der Waals surface area contributed by atoms with Crippen LogP contribution in [0.2, 0.25) is 10.0 Å². The van der Waals surface area contributed by atoms with Crippen LogP contribution in [0.5, 0.6) is 5.75 Å². The molecule has 0 aliphatic heterocycles. The molecular weight excluding hydrogens is 353 g/mol. The van der Waals surface area contributed by atoms with E-state index < -0.39 is 0 Å². The second-order valence-corrected chi connectivity index (χ2v) is 9.22. The SMILES string of the molecule is CC(C)(C)c1cc(C=Nc2cc(Cl)cc(Cl)c2)c(O)c(C(C)(C)C)c1. The zero-order valence-corrected chi connectivity index (χ0v) is 17.1. The molecule has 2 aromatic carbocycles. The number of phenols is 1. The van der Waals surface area contributed by atoms with Crippen LogP contribution in [0.4, 0.5) is 5.69 Å². The predicted molar refractivity (Wildman–Crippen MR) is 109 cm³/mol. The number of aliphatic imine (C=N–C) groups is 1. The maximum atomic E-state index is 10.8. The number of hydrogen-bond acceptors (Lipinski definition) is 2. The Balaban J connectivity index is 2.58. The van der Waals surface area contributed by atoms with Crippen molar-refractivity contribution in [3.63, 3.8) is 0 Å². The molecule has 2 aromatic rings. The zero-order chi connectivity index (χ0) is 19.0. The van der Waals surface area contributed by atoms with E-state index in [0.717, 1.165) is 11.1 Å². The lowest BCUT2D eigenvalue weighted by Crippen LogP contribution is -2.17. The summed E-state index contributed by atoms with van der Waals surface area (Å²) in [5.74, 6) is 0.261. The molecule has 0 unspecified atom stereocenters. The summed E-state index contributed by atoms with van der Waals surface area (Å²) >= 11 is 12.1. The zero-order valence-electron chi connectivity index (χ0n) is 15.6. The largest absolute Gasteiger partial charge is 0.507 e. The highest BCUT2D eigenvalue weighted by molar-refractivity contribution is 6.35. The minimum Gasteiger partial charge on any atom is -0.507 e. The Labute approximate surface area is 160 Å². The van der Waals surface area contributed by atoms with Crippen molar-refractivity contribution < 1.29 is 5.11 Å². The van der Waals surface area contributed by atoms with Crippen molar-refractivity contribution in [1.82, 2.24) is 0 Å². The number of halogens is 2. The van der Waals surface area contributed by atoms with Crippen LogP contribution in [0, 0.1) is 0 Å². The molecule has 0 aliphatic rings. The summed E-state index contributed by atoms with van der Waals surface area (Å²) in [4.78, 5) is 4.45. The Kier molecular flexibility index (Phi) is 5.56. The molecule has 0 atom stereocenters. The van der Waals surface area contributed by atoms with E-state index in [1.807, 2.05) is 6.07 Å². The molecule has 4 heteroatoms. The van der Waals surface area contributed by atoms with Crippen LogP contribution < -0.4 is 0 Å². The van der Waals surface area contributed by atoms with E-state index in [0.29, 0.717) is 21.3 Å². The average Bonchev–Trinajstić information content (AvgIpc) is 2.42. The smallest absolute Gasteiger partial charge is 0.128 e. The number of nitrogens with zero attached hydrogens (tertiary/aromatic N) is 1. The summed E-state index contributed by atoms with van der Waals surface area (Å²) in [6.45, 7) is 12.7. The molecule has 0 saturated carbocycles. The molecule has 0 bridgehead atoms. The van der Waals surface area contributed by atoms with Crippen LogP contribution in [-0.4, -0.2) is 11.3 Å². The Morgan fingerprint density at radius 2 is 1.40 bits per heavy atom. The van der Waals surface area contributed by atoms with Crippen molar-refractivity contribution in [2.24, 2.45) is 4.99 Å². The maximum Gasteiger partial charge on any atom is 0.128 e. The van der Waals surface area contributed by atoms with Crippen molar-refractivity contribution in [3.8, 4) is 5.75 Å². The summed E-state index contributed by atoms with van der Waals surface area (Å²) in [5, 5.41) is 11.8. The van der Waals surface area contributed by atoms with E-state index in [-0.39, 0.29) is 16.6 Å². The summed E-state index contributed by atoms with van der Waals surface area (Å²) in [7, 11) is 0. The maximum absolute atomic E-state index is 10.8. The number of benzene rings is 2. The molecule has 2 rings (SSSR count). The third-order valence-electron chi connectivity index (χ3n) is 4.01. The molecule has 0 heterocycles. The van der Waals surface area contributed by atoms with Crippen LogP contribution in [-0.2, 0) is 10.8 Å². The van der Waals surface area contributed by atoms with Gasteiger partial charge in [-0.25, -0.2) is 0 Å². The number of rotatable bonds is 2. The van der Waals surface area contributed by atoms with Gasteiger partial charge in [-0.05, 0) is 40.7 Å². The van der Waals surface area contributed by atoms with E-state index in [1.165, 1.54) is 0 Å². The molecule has 0 aliphatic carbocycles. The van der Waals surface area contributed by atoms with E-state index in [4.69, 9.17) is 23.2 Å². The minimum atomic E-state index is -0.173. The first-order chi connectivity index (χ1) is 11.4. The monoisotopic (exact) mass is 377 g/mol. The van der Waals surface area contributed by atoms with Gasteiger partial charge in [0, 0.05) is 27.4 Å². The van der Waals surface area contributed by atoms with E-state index in [1.54, 1.807) is 24.4 Å². The third-order valence-corrected chi connectivity index (χ3v) is 4.45. The lowest BCUT2D eigenvalue weighted by molar-refractivity contribution is 0.444. The van der Waals surface area contributed by atoms with Crippen molar-refractivity contribution in [3.05, 3.63) is 57.1 Å². The van der Waals surface area contributed by atoms with Crippen LogP contribution in [0.15, 0.2) is 35.3 Å². The Bertz CT molecular complexity index is 792. The number of aromatic hydroxyl groups is 1. The Morgan fingerprint density at radius 1 is 0.840 bits per heavy atom. The first-order valence-electron chi connectivity index (χ1n) is 8.26. The summed E-state index contributed by atoms with van der Waals surface area (Å²) in [6, 6.07) is 9.21. The normalized spacial score (nSPS) is 12.8. The van der Waals surface area contributed by atoms with Crippen LogP contribution in [0.1, 0.15) is 58.2 Å². The highest BCUT2D eigenvalue weighted by atomic mass is 35.5. The van der Waals surface area contributed by atoms with Gasteiger partial charge in [0.05, 0.1) is 5.69 Å². The summed E-state index contributed by atoms with van der Waals surface area (Å²) in [5.41, 5.74) is 3.19. The van der Waals surface area contributed by atoms with Crippen molar-refractivity contribution in [2.75, 3.05) is 0 Å². The molecule has 0 saturated heterocycles. The van der Waals surface area contributed by atoms with Gasteiger partial charge >= 0.3 is 0 Å². The molecule has 0 amide bonds. The van der Waals surface area contributed by atoms with Gasteiger partial charge in [0.2, 0.25) is 0 Å². The highest BCUT2D eigenvalue weighted by Gasteiger charge is 2.24. The molecule has 1 N–H and O–H groups in total. The van der Waals surface area contributed by atoms with E-state index in [2.05, 4.69) is 52.6 Å². The quantitative estimate of drug-likeness (QED) is 0.558. The van der Waals surface area contributed by atoms with Gasteiger partial charge in [-0.1, -0.05) is 70.8 Å². The van der Waals surface area contributed by atoms with Crippen LogP contribution in [0.25, 0.3) is 0 Å². The topological polar surface area (TPSA) is 32.6 Å². The fourth-order valence-electron chi connectivity index (χ4n) is 2.52. The number of hydrogen-bond donors (Lipinski definition) is 1. The molecule has 2 nitrogen and oxygen atoms in total. The second kappa shape index (κ2) is 7.01. The van der Waals surface area contributed by atoms with E-state index in [9.17, 15) is 5.11 Å². The van der Waals surface area contributed by atoms with Gasteiger partial charge in [0.15, 0.2) is 0 Å². The van der Waals surface area contributed by atoms with Gasteiger partial charge in [0.25, 0.3) is 0 Å².